The molecule has 1 aliphatic heterocycles. The van der Waals surface area contributed by atoms with Gasteiger partial charge in [-0.3, -0.25) is 4.90 Å². The van der Waals surface area contributed by atoms with E-state index >= 15 is 0 Å². The molecule has 0 aliphatic carbocycles. The fourth-order valence-electron chi connectivity index (χ4n) is 2.85. The second-order valence-corrected chi connectivity index (χ2v) is 8.73. The predicted octanol–water partition coefficient (Wildman–Crippen LogP) is 3.57. The Morgan fingerprint density at radius 1 is 1.21 bits per heavy atom. The van der Waals surface area contributed by atoms with E-state index in [-0.39, 0.29) is 17.2 Å². The summed E-state index contributed by atoms with van der Waals surface area (Å²) >= 11 is 1.59. The van der Waals surface area contributed by atoms with Gasteiger partial charge in [0, 0.05) is 35.8 Å². The molecule has 7 heteroatoms. The van der Waals surface area contributed by atoms with Crippen LogP contribution >= 0.6 is 24.2 Å². The van der Waals surface area contributed by atoms with Crippen molar-refractivity contribution in [2.45, 2.75) is 42.4 Å². The van der Waals surface area contributed by atoms with Crippen molar-refractivity contribution in [3.05, 3.63) is 29.8 Å². The van der Waals surface area contributed by atoms with Crippen molar-refractivity contribution in [2.75, 3.05) is 32.8 Å². The van der Waals surface area contributed by atoms with Gasteiger partial charge >= 0.3 is 0 Å². The van der Waals surface area contributed by atoms with Gasteiger partial charge in [-0.05, 0) is 11.6 Å². The molecule has 0 spiro atoms. The summed E-state index contributed by atoms with van der Waals surface area (Å²) in [4.78, 5) is 2.64. The highest BCUT2D eigenvalue weighted by atomic mass is 35.5. The molecule has 24 heavy (non-hydrogen) atoms. The van der Waals surface area contributed by atoms with Gasteiger partial charge in [-0.2, -0.15) is 0 Å². The quantitative estimate of drug-likeness (QED) is 0.765. The zero-order valence-corrected chi connectivity index (χ0v) is 16.0. The molecule has 1 fully saturated rings. The van der Waals surface area contributed by atoms with Crippen LogP contribution in [0.1, 0.15) is 32.4 Å². The minimum absolute atomic E-state index is 0. The molecule has 138 valence electrons. The lowest BCUT2D eigenvalue weighted by molar-refractivity contribution is -0.119. The Morgan fingerprint density at radius 3 is 2.33 bits per heavy atom. The van der Waals surface area contributed by atoms with Crippen molar-refractivity contribution in [3.63, 3.8) is 0 Å². The number of nitrogens with zero attached hydrogens (tertiary/aromatic N) is 1. The summed E-state index contributed by atoms with van der Waals surface area (Å²) in [5, 5.41) is 12.5. The SMILES string of the molecule is CC(C)(C)Sc1ccccc1[C@@H](N1CCNCC1)C(F)(F)CO.Cl. The van der Waals surface area contributed by atoms with E-state index in [0.29, 0.717) is 31.7 Å². The van der Waals surface area contributed by atoms with Crippen LogP contribution in [0.2, 0.25) is 0 Å². The molecule has 2 rings (SSSR count). The van der Waals surface area contributed by atoms with E-state index in [4.69, 9.17) is 0 Å². The Balaban J connectivity index is 0.00000288. The molecule has 1 saturated heterocycles. The average Bonchev–Trinajstić information content (AvgIpc) is 2.49. The van der Waals surface area contributed by atoms with Crippen LogP contribution in [-0.4, -0.2) is 53.5 Å². The molecule has 1 aliphatic rings. The summed E-state index contributed by atoms with van der Waals surface area (Å²) in [5.74, 6) is -3.17. The van der Waals surface area contributed by atoms with Crippen LogP contribution in [0.3, 0.4) is 0 Å². The Bertz CT molecular complexity index is 520. The van der Waals surface area contributed by atoms with Gasteiger partial charge in [0.05, 0.1) is 0 Å². The third kappa shape index (κ3) is 5.56. The molecule has 1 atom stereocenters. The molecule has 0 unspecified atom stereocenters. The number of piperazine rings is 1. The lowest BCUT2D eigenvalue weighted by atomic mass is 9.98. The van der Waals surface area contributed by atoms with Gasteiger partial charge in [0.1, 0.15) is 12.6 Å². The van der Waals surface area contributed by atoms with E-state index in [9.17, 15) is 13.9 Å². The van der Waals surface area contributed by atoms with E-state index in [2.05, 4.69) is 26.1 Å². The zero-order valence-electron chi connectivity index (χ0n) is 14.4. The third-order valence-electron chi connectivity index (χ3n) is 3.76. The molecule has 0 radical (unpaired) electrons. The van der Waals surface area contributed by atoms with Gasteiger partial charge in [-0.15, -0.1) is 24.2 Å². The fraction of sp³-hybridized carbons (Fsp3) is 0.647. The summed E-state index contributed by atoms with van der Waals surface area (Å²) in [6.07, 6.45) is 0. The Morgan fingerprint density at radius 2 is 1.79 bits per heavy atom. The number of alkyl halides is 2. The van der Waals surface area contributed by atoms with Crippen molar-refractivity contribution < 1.29 is 13.9 Å². The summed E-state index contributed by atoms with van der Waals surface area (Å²) in [6.45, 7) is 7.54. The fourth-order valence-corrected chi connectivity index (χ4v) is 3.95. The van der Waals surface area contributed by atoms with Crippen LogP contribution in [0.4, 0.5) is 8.78 Å². The van der Waals surface area contributed by atoms with Gasteiger partial charge in [0.25, 0.3) is 5.92 Å². The molecule has 3 nitrogen and oxygen atoms in total. The van der Waals surface area contributed by atoms with Crippen molar-refractivity contribution in [1.82, 2.24) is 10.2 Å². The Kier molecular flexibility index (Phi) is 7.94. The number of aliphatic hydroxyl groups excluding tert-OH is 1. The van der Waals surface area contributed by atoms with Gasteiger partial charge < -0.3 is 10.4 Å². The summed E-state index contributed by atoms with van der Waals surface area (Å²) in [6, 6.07) is 6.24. The van der Waals surface area contributed by atoms with Gasteiger partial charge in [0.15, 0.2) is 0 Å². The van der Waals surface area contributed by atoms with Crippen LogP contribution < -0.4 is 5.32 Å². The summed E-state index contributed by atoms with van der Waals surface area (Å²) in [7, 11) is 0. The average molecular weight is 381 g/mol. The van der Waals surface area contributed by atoms with Crippen molar-refractivity contribution in [1.29, 1.82) is 0 Å². The molecule has 0 aromatic heterocycles. The van der Waals surface area contributed by atoms with E-state index < -0.39 is 18.6 Å². The number of benzene rings is 1. The minimum atomic E-state index is -3.17. The highest BCUT2D eigenvalue weighted by Gasteiger charge is 2.45. The van der Waals surface area contributed by atoms with E-state index in [1.54, 1.807) is 28.8 Å². The van der Waals surface area contributed by atoms with Gasteiger partial charge in [-0.25, -0.2) is 8.78 Å². The van der Waals surface area contributed by atoms with Crippen LogP contribution in [0, 0.1) is 0 Å². The van der Waals surface area contributed by atoms with Crippen molar-refractivity contribution in [2.24, 2.45) is 0 Å². The normalized spacial score (nSPS) is 18.1. The summed E-state index contributed by atoms with van der Waals surface area (Å²) < 4.78 is 29.1. The first-order valence-corrected chi connectivity index (χ1v) is 8.77. The van der Waals surface area contributed by atoms with Crippen LogP contribution in [0.25, 0.3) is 0 Å². The first-order valence-electron chi connectivity index (χ1n) is 7.96. The number of hydrogen-bond acceptors (Lipinski definition) is 4. The number of hydrogen-bond donors (Lipinski definition) is 2. The van der Waals surface area contributed by atoms with E-state index in [1.807, 2.05) is 12.1 Å². The number of halogens is 3. The van der Waals surface area contributed by atoms with Gasteiger partial charge in [0.2, 0.25) is 0 Å². The molecule has 0 saturated carbocycles. The topological polar surface area (TPSA) is 35.5 Å². The molecule has 1 aromatic carbocycles. The Hall–Kier alpha value is -0.400. The number of thioether (sulfide) groups is 1. The molecular weight excluding hydrogens is 354 g/mol. The standard InChI is InChI=1S/C17H26F2N2OS.ClH/c1-16(2,3)23-14-7-5-4-6-13(14)15(17(18,19)12-22)21-10-8-20-9-11-21;/h4-7,15,20,22H,8-12H2,1-3H3;1H/t15-;/m1./s1. The van der Waals surface area contributed by atoms with E-state index in [1.165, 1.54) is 0 Å². The monoisotopic (exact) mass is 380 g/mol. The lowest BCUT2D eigenvalue weighted by Crippen LogP contribution is -2.51. The minimum Gasteiger partial charge on any atom is -0.390 e. The third-order valence-corrected chi connectivity index (χ3v) is 4.96. The van der Waals surface area contributed by atoms with Crippen LogP contribution in [0.5, 0.6) is 0 Å². The maximum Gasteiger partial charge on any atom is 0.289 e. The van der Waals surface area contributed by atoms with Crippen LogP contribution in [0.15, 0.2) is 29.2 Å². The number of nitrogens with one attached hydrogen (secondary N) is 1. The maximum atomic E-state index is 14.6. The zero-order chi connectivity index (χ0) is 17.1. The number of rotatable bonds is 5. The molecule has 1 aromatic rings. The van der Waals surface area contributed by atoms with Crippen LogP contribution in [-0.2, 0) is 0 Å². The second kappa shape index (κ2) is 8.81. The smallest absolute Gasteiger partial charge is 0.289 e. The van der Waals surface area contributed by atoms with Crippen molar-refractivity contribution >= 4 is 24.2 Å². The Labute approximate surface area is 153 Å². The maximum absolute atomic E-state index is 14.6. The summed E-state index contributed by atoms with van der Waals surface area (Å²) in [5.41, 5.74) is 0.605. The molecular formula is C17H27ClF2N2OS. The molecule has 0 bridgehead atoms. The highest BCUT2D eigenvalue weighted by Crippen LogP contribution is 2.43. The largest absolute Gasteiger partial charge is 0.390 e. The second-order valence-electron chi connectivity index (χ2n) is 6.86. The highest BCUT2D eigenvalue weighted by molar-refractivity contribution is 8.00. The van der Waals surface area contributed by atoms with Gasteiger partial charge in [-0.1, -0.05) is 39.0 Å². The molecule has 1 heterocycles. The number of aliphatic hydroxyl groups is 1. The lowest BCUT2D eigenvalue weighted by Gasteiger charge is -2.39. The molecule has 2 N–H and O–H groups in total. The van der Waals surface area contributed by atoms with Crippen molar-refractivity contribution in [3.8, 4) is 0 Å². The first-order chi connectivity index (χ1) is 10.7. The molecule has 0 amide bonds. The first kappa shape index (κ1) is 21.6. The van der Waals surface area contributed by atoms with E-state index in [0.717, 1.165) is 4.90 Å². The predicted molar refractivity (Wildman–Crippen MR) is 98.5 cm³/mol.